The van der Waals surface area contributed by atoms with Gasteiger partial charge >= 0.3 is 0 Å². The van der Waals surface area contributed by atoms with Crippen molar-refractivity contribution in [1.82, 2.24) is 0 Å². The van der Waals surface area contributed by atoms with Gasteiger partial charge in [-0.3, -0.25) is 4.79 Å². The fourth-order valence-corrected chi connectivity index (χ4v) is 7.18. The predicted octanol–water partition coefficient (Wildman–Crippen LogP) is 3.96. The molecule has 4 rings (SSSR count). The number of Topliss-reactive ketones (excluding diaryl/α,β-unsaturated/α-hetero) is 1. The van der Waals surface area contributed by atoms with Gasteiger partial charge in [-0.1, -0.05) is 20.3 Å². The molecule has 0 bridgehead atoms. The van der Waals surface area contributed by atoms with Crippen LogP contribution in [0.1, 0.15) is 71.6 Å². The lowest BCUT2D eigenvalue weighted by Gasteiger charge is -2.61. The third kappa shape index (κ3) is 1.90. The van der Waals surface area contributed by atoms with E-state index >= 15 is 0 Å². The van der Waals surface area contributed by atoms with Crippen molar-refractivity contribution >= 4 is 5.78 Å². The second-order valence-electron chi connectivity index (χ2n) is 9.14. The minimum absolute atomic E-state index is 0.129. The van der Waals surface area contributed by atoms with Crippen LogP contribution in [0.5, 0.6) is 0 Å². The molecule has 4 aliphatic carbocycles. The number of ketones is 1. The first-order valence-electron chi connectivity index (χ1n) is 9.14. The molecule has 0 aromatic carbocycles. The standard InChI is InChI=1S/C19H30O2/c1-18-8-3-4-15(18)14-6-5-12-10-13(20)7-9-19(12,2)17(14)16(21)11-18/h12,14-17,21H,3-11H2,1-2H3/t12-,14-,15-,16-,17+,18-,19-/m0/s1. The Kier molecular flexibility index (Phi) is 3.10. The fraction of sp³-hybridized carbons (Fsp3) is 0.947. The molecule has 7 atom stereocenters. The smallest absolute Gasteiger partial charge is 0.133 e. The highest BCUT2D eigenvalue weighted by Crippen LogP contribution is 2.65. The van der Waals surface area contributed by atoms with Gasteiger partial charge in [-0.15, -0.1) is 0 Å². The molecule has 0 radical (unpaired) electrons. The monoisotopic (exact) mass is 290 g/mol. The average Bonchev–Trinajstić information content (AvgIpc) is 2.80. The number of rotatable bonds is 0. The lowest BCUT2D eigenvalue weighted by atomic mass is 9.44. The van der Waals surface area contributed by atoms with Crippen LogP contribution in [-0.2, 0) is 4.79 Å². The molecular weight excluding hydrogens is 260 g/mol. The Morgan fingerprint density at radius 1 is 1.14 bits per heavy atom. The fourth-order valence-electron chi connectivity index (χ4n) is 7.18. The third-order valence-electron chi connectivity index (χ3n) is 8.19. The molecular formula is C19H30O2. The van der Waals surface area contributed by atoms with Crippen molar-refractivity contribution in [3.05, 3.63) is 0 Å². The molecule has 0 aromatic heterocycles. The minimum Gasteiger partial charge on any atom is -0.393 e. The van der Waals surface area contributed by atoms with Crippen LogP contribution in [0.4, 0.5) is 0 Å². The van der Waals surface area contributed by atoms with Gasteiger partial charge in [-0.2, -0.15) is 0 Å². The lowest BCUT2D eigenvalue weighted by molar-refractivity contribution is -0.167. The van der Waals surface area contributed by atoms with Crippen LogP contribution in [0, 0.1) is 34.5 Å². The minimum atomic E-state index is -0.129. The highest BCUT2D eigenvalue weighted by molar-refractivity contribution is 5.79. The van der Waals surface area contributed by atoms with E-state index in [9.17, 15) is 9.90 Å². The van der Waals surface area contributed by atoms with E-state index in [1.807, 2.05) is 0 Å². The average molecular weight is 290 g/mol. The molecule has 4 saturated carbocycles. The summed E-state index contributed by atoms with van der Waals surface area (Å²) in [6.45, 7) is 4.84. The number of carbonyl (C=O) groups excluding carboxylic acids is 1. The Hall–Kier alpha value is -0.370. The molecule has 0 unspecified atom stereocenters. The largest absolute Gasteiger partial charge is 0.393 e. The van der Waals surface area contributed by atoms with Crippen LogP contribution < -0.4 is 0 Å². The quantitative estimate of drug-likeness (QED) is 0.733. The molecule has 2 heteroatoms. The van der Waals surface area contributed by atoms with Crippen LogP contribution in [0.3, 0.4) is 0 Å². The molecule has 0 saturated heterocycles. The summed E-state index contributed by atoms with van der Waals surface area (Å²) < 4.78 is 0. The molecule has 4 aliphatic rings. The van der Waals surface area contributed by atoms with Gasteiger partial charge in [0.2, 0.25) is 0 Å². The zero-order valence-corrected chi connectivity index (χ0v) is 13.6. The second-order valence-corrected chi connectivity index (χ2v) is 9.14. The van der Waals surface area contributed by atoms with E-state index in [4.69, 9.17) is 0 Å². The highest BCUT2D eigenvalue weighted by atomic mass is 16.3. The van der Waals surface area contributed by atoms with E-state index in [1.165, 1.54) is 32.1 Å². The number of carbonyl (C=O) groups is 1. The maximum Gasteiger partial charge on any atom is 0.133 e. The number of hydrogen-bond donors (Lipinski definition) is 1. The van der Waals surface area contributed by atoms with Crippen LogP contribution >= 0.6 is 0 Å². The van der Waals surface area contributed by atoms with E-state index in [-0.39, 0.29) is 11.5 Å². The topological polar surface area (TPSA) is 37.3 Å². The van der Waals surface area contributed by atoms with Gasteiger partial charge in [0.05, 0.1) is 6.10 Å². The Labute approximate surface area is 128 Å². The summed E-state index contributed by atoms with van der Waals surface area (Å²) in [5.74, 6) is 3.02. The van der Waals surface area contributed by atoms with E-state index in [1.54, 1.807) is 0 Å². The maximum atomic E-state index is 11.9. The third-order valence-corrected chi connectivity index (χ3v) is 8.19. The number of hydrogen-bond acceptors (Lipinski definition) is 2. The van der Waals surface area contributed by atoms with Gasteiger partial charge < -0.3 is 5.11 Å². The lowest BCUT2D eigenvalue weighted by Crippen LogP contribution is -2.58. The highest BCUT2D eigenvalue weighted by Gasteiger charge is 2.60. The Morgan fingerprint density at radius 3 is 2.76 bits per heavy atom. The summed E-state index contributed by atoms with van der Waals surface area (Å²) in [7, 11) is 0. The number of fused-ring (bicyclic) bond motifs is 5. The Morgan fingerprint density at radius 2 is 1.95 bits per heavy atom. The van der Waals surface area contributed by atoms with Crippen molar-refractivity contribution in [2.75, 3.05) is 0 Å². The van der Waals surface area contributed by atoms with E-state index in [2.05, 4.69) is 13.8 Å². The Balaban J connectivity index is 1.69. The van der Waals surface area contributed by atoms with Gasteiger partial charge in [-0.05, 0) is 73.0 Å². The maximum absolute atomic E-state index is 11.9. The van der Waals surface area contributed by atoms with Gasteiger partial charge in [-0.25, -0.2) is 0 Å². The van der Waals surface area contributed by atoms with Crippen molar-refractivity contribution in [3.8, 4) is 0 Å². The van der Waals surface area contributed by atoms with Crippen LogP contribution in [0.25, 0.3) is 0 Å². The van der Waals surface area contributed by atoms with Gasteiger partial charge in [0, 0.05) is 12.8 Å². The normalized spacial score (nSPS) is 56.5. The first kappa shape index (κ1) is 14.2. The molecule has 0 spiro atoms. The predicted molar refractivity (Wildman–Crippen MR) is 82.7 cm³/mol. The van der Waals surface area contributed by atoms with Crippen molar-refractivity contribution < 1.29 is 9.90 Å². The van der Waals surface area contributed by atoms with Crippen molar-refractivity contribution in [2.45, 2.75) is 77.7 Å². The van der Waals surface area contributed by atoms with Crippen molar-refractivity contribution in [3.63, 3.8) is 0 Å². The first-order valence-corrected chi connectivity index (χ1v) is 9.14. The van der Waals surface area contributed by atoms with Gasteiger partial charge in [0.25, 0.3) is 0 Å². The SMILES string of the molecule is C[C@@]12CCC[C@H]1[C@@H]1CC[C@H]3CC(=O)CC[C@]3(C)[C@H]1[C@@H](O)C2. The van der Waals surface area contributed by atoms with Crippen molar-refractivity contribution in [2.24, 2.45) is 34.5 Å². The summed E-state index contributed by atoms with van der Waals surface area (Å²) in [6.07, 6.45) is 9.98. The van der Waals surface area contributed by atoms with Gasteiger partial charge in [0.15, 0.2) is 0 Å². The zero-order valence-electron chi connectivity index (χ0n) is 13.6. The van der Waals surface area contributed by atoms with E-state index < -0.39 is 0 Å². The molecule has 118 valence electrons. The molecule has 4 fully saturated rings. The van der Waals surface area contributed by atoms with Crippen LogP contribution in [-0.4, -0.2) is 17.0 Å². The van der Waals surface area contributed by atoms with Gasteiger partial charge in [0.1, 0.15) is 5.78 Å². The summed E-state index contributed by atoms with van der Waals surface area (Å²) in [4.78, 5) is 11.9. The van der Waals surface area contributed by atoms with E-state index in [0.29, 0.717) is 23.0 Å². The summed E-state index contributed by atoms with van der Waals surface area (Å²) in [5.41, 5.74) is 0.619. The molecule has 0 aromatic rings. The Bertz CT molecular complexity index is 458. The molecule has 21 heavy (non-hydrogen) atoms. The number of aliphatic hydroxyl groups excluding tert-OH is 1. The first-order chi connectivity index (χ1) is 9.94. The summed E-state index contributed by atoms with van der Waals surface area (Å²) >= 11 is 0. The van der Waals surface area contributed by atoms with Crippen LogP contribution in [0.15, 0.2) is 0 Å². The summed E-state index contributed by atoms with van der Waals surface area (Å²) in [6, 6.07) is 0. The van der Waals surface area contributed by atoms with Crippen molar-refractivity contribution in [1.29, 1.82) is 0 Å². The molecule has 1 N–H and O–H groups in total. The molecule has 2 nitrogen and oxygen atoms in total. The molecule has 0 aliphatic heterocycles. The molecule has 0 amide bonds. The zero-order chi connectivity index (χ0) is 14.8. The molecule has 0 heterocycles. The number of aliphatic hydroxyl groups is 1. The van der Waals surface area contributed by atoms with Crippen LogP contribution in [0.2, 0.25) is 0 Å². The van der Waals surface area contributed by atoms with E-state index in [0.717, 1.165) is 37.5 Å². The second kappa shape index (κ2) is 4.57. The summed E-state index contributed by atoms with van der Waals surface area (Å²) in [5, 5.41) is 11.0.